The molecule has 0 aromatic heterocycles. The van der Waals surface area contributed by atoms with Gasteiger partial charge in [-0.3, -0.25) is 4.99 Å². The van der Waals surface area contributed by atoms with Gasteiger partial charge in [-0.15, -0.1) is 0 Å². The number of allylic oxidation sites excluding steroid dienone is 5. The topological polar surface area (TPSA) is 12.4 Å². The summed E-state index contributed by atoms with van der Waals surface area (Å²) in [6.45, 7) is 15.5. The number of hydrogen-bond donors (Lipinski definition) is 0. The Balaban J connectivity index is 4.74. The van der Waals surface area contributed by atoms with Crippen LogP contribution >= 0.6 is 0 Å². The van der Waals surface area contributed by atoms with Crippen molar-refractivity contribution in [2.24, 2.45) is 4.99 Å². The Morgan fingerprint density at radius 2 is 1.50 bits per heavy atom. The van der Waals surface area contributed by atoms with E-state index < -0.39 is 0 Å². The maximum Gasteiger partial charge on any atom is 0.0616 e. The van der Waals surface area contributed by atoms with E-state index in [9.17, 15) is 0 Å². The van der Waals surface area contributed by atoms with Crippen LogP contribution in [0, 0.1) is 0 Å². The zero-order chi connectivity index (χ0) is 11.1. The van der Waals surface area contributed by atoms with Crippen LogP contribution in [-0.4, -0.2) is 6.21 Å². The highest BCUT2D eigenvalue weighted by molar-refractivity contribution is 5.77. The fraction of sp³-hybridized carbons (Fsp3) is 0.308. The lowest BCUT2D eigenvalue weighted by Gasteiger charge is -1.97. The molecule has 14 heavy (non-hydrogen) atoms. The SMILES string of the molecule is C=C(C)C=CC(N=CC(=C)C)=C(C)C. The molecule has 0 amide bonds. The highest BCUT2D eigenvalue weighted by Crippen LogP contribution is 2.08. The Kier molecular flexibility index (Phi) is 5.54. The van der Waals surface area contributed by atoms with Crippen molar-refractivity contribution in [1.82, 2.24) is 0 Å². The second kappa shape index (κ2) is 6.14. The van der Waals surface area contributed by atoms with Crippen molar-refractivity contribution < 1.29 is 0 Å². The molecule has 0 heterocycles. The minimum atomic E-state index is 0.951. The van der Waals surface area contributed by atoms with Crippen LogP contribution in [0.5, 0.6) is 0 Å². The third-order valence-electron chi connectivity index (χ3n) is 1.46. The number of aliphatic imine (C=N–C) groups is 1. The van der Waals surface area contributed by atoms with Gasteiger partial charge >= 0.3 is 0 Å². The first-order valence-electron chi connectivity index (χ1n) is 4.64. The van der Waals surface area contributed by atoms with Crippen molar-refractivity contribution in [2.75, 3.05) is 0 Å². The van der Waals surface area contributed by atoms with Gasteiger partial charge in [0, 0.05) is 6.21 Å². The minimum Gasteiger partial charge on any atom is -0.257 e. The van der Waals surface area contributed by atoms with Crippen molar-refractivity contribution in [3.8, 4) is 0 Å². The molecule has 0 aromatic rings. The molecule has 0 N–H and O–H groups in total. The van der Waals surface area contributed by atoms with Crippen molar-refractivity contribution in [1.29, 1.82) is 0 Å². The zero-order valence-electron chi connectivity index (χ0n) is 9.59. The summed E-state index contributed by atoms with van der Waals surface area (Å²) in [6.07, 6.45) is 5.69. The summed E-state index contributed by atoms with van der Waals surface area (Å²) in [6, 6.07) is 0. The molecule has 0 unspecified atom stereocenters. The molecule has 0 aromatic carbocycles. The maximum absolute atomic E-state index is 4.32. The summed E-state index contributed by atoms with van der Waals surface area (Å²) in [5.41, 5.74) is 4.12. The van der Waals surface area contributed by atoms with Crippen LogP contribution in [0.1, 0.15) is 27.7 Å². The van der Waals surface area contributed by atoms with E-state index >= 15 is 0 Å². The molecule has 1 heteroatoms. The van der Waals surface area contributed by atoms with Crippen LogP contribution < -0.4 is 0 Å². The normalized spacial score (nSPS) is 10.9. The first-order chi connectivity index (χ1) is 6.43. The fourth-order valence-electron chi connectivity index (χ4n) is 0.740. The fourth-order valence-corrected chi connectivity index (χ4v) is 0.740. The van der Waals surface area contributed by atoms with E-state index in [1.807, 2.05) is 39.8 Å². The molecule has 76 valence electrons. The third kappa shape index (κ3) is 6.18. The summed E-state index contributed by atoms with van der Waals surface area (Å²) in [5, 5.41) is 0. The maximum atomic E-state index is 4.32. The summed E-state index contributed by atoms with van der Waals surface area (Å²) < 4.78 is 0. The van der Waals surface area contributed by atoms with Gasteiger partial charge < -0.3 is 0 Å². The molecule has 0 saturated heterocycles. The standard InChI is InChI=1S/C13H19N/c1-10(2)7-8-13(12(5)6)14-9-11(3)4/h7-9H,1,3H2,2,4-6H3. The van der Waals surface area contributed by atoms with E-state index in [1.165, 1.54) is 5.57 Å². The van der Waals surface area contributed by atoms with Gasteiger partial charge in [0.05, 0.1) is 5.70 Å². The number of rotatable bonds is 4. The number of hydrogen-bond acceptors (Lipinski definition) is 1. The second-order valence-corrected chi connectivity index (χ2v) is 3.67. The van der Waals surface area contributed by atoms with Crippen LogP contribution in [0.2, 0.25) is 0 Å². The third-order valence-corrected chi connectivity index (χ3v) is 1.46. The lowest BCUT2D eigenvalue weighted by molar-refractivity contribution is 1.25. The average Bonchev–Trinajstić information content (AvgIpc) is 2.02. The molecule has 0 saturated carbocycles. The minimum absolute atomic E-state index is 0.951. The van der Waals surface area contributed by atoms with Gasteiger partial charge in [0.1, 0.15) is 0 Å². The van der Waals surface area contributed by atoms with E-state index in [2.05, 4.69) is 18.2 Å². The van der Waals surface area contributed by atoms with Crippen molar-refractivity contribution in [3.05, 3.63) is 47.7 Å². The molecular weight excluding hydrogens is 170 g/mol. The van der Waals surface area contributed by atoms with E-state index in [0.29, 0.717) is 0 Å². The molecule has 0 aliphatic rings. The lowest BCUT2D eigenvalue weighted by Crippen LogP contribution is -1.81. The van der Waals surface area contributed by atoms with Gasteiger partial charge in [0.15, 0.2) is 0 Å². The van der Waals surface area contributed by atoms with Crippen LogP contribution in [0.4, 0.5) is 0 Å². The van der Waals surface area contributed by atoms with Crippen molar-refractivity contribution >= 4 is 6.21 Å². The molecule has 0 aliphatic heterocycles. The molecule has 0 atom stereocenters. The van der Waals surface area contributed by atoms with Crippen LogP contribution in [0.3, 0.4) is 0 Å². The first kappa shape index (κ1) is 12.6. The van der Waals surface area contributed by atoms with Crippen LogP contribution in [0.15, 0.2) is 52.7 Å². The summed E-state index contributed by atoms with van der Waals surface area (Å²) >= 11 is 0. The Morgan fingerprint density at radius 3 is 1.86 bits per heavy atom. The van der Waals surface area contributed by atoms with E-state index in [4.69, 9.17) is 0 Å². The van der Waals surface area contributed by atoms with E-state index in [-0.39, 0.29) is 0 Å². The summed E-state index contributed by atoms with van der Waals surface area (Å²) in [5.74, 6) is 0. The molecule has 0 rings (SSSR count). The molecular formula is C13H19N. The Bertz CT molecular complexity index is 284. The van der Waals surface area contributed by atoms with Crippen LogP contribution in [-0.2, 0) is 0 Å². The van der Waals surface area contributed by atoms with Crippen LogP contribution in [0.25, 0.3) is 0 Å². The average molecular weight is 189 g/mol. The predicted octanol–water partition coefficient (Wildman–Crippen LogP) is 4.06. The Hall–Kier alpha value is -1.37. The van der Waals surface area contributed by atoms with Gasteiger partial charge in [-0.05, 0) is 39.3 Å². The largest absolute Gasteiger partial charge is 0.257 e. The first-order valence-corrected chi connectivity index (χ1v) is 4.64. The molecule has 1 nitrogen and oxygen atoms in total. The molecule has 0 aliphatic carbocycles. The van der Waals surface area contributed by atoms with E-state index in [0.717, 1.165) is 16.8 Å². The van der Waals surface area contributed by atoms with Crippen molar-refractivity contribution in [3.63, 3.8) is 0 Å². The molecule has 0 spiro atoms. The molecule has 0 radical (unpaired) electrons. The highest BCUT2D eigenvalue weighted by atomic mass is 14.7. The Labute approximate surface area is 87.3 Å². The Morgan fingerprint density at radius 1 is 0.929 bits per heavy atom. The molecule has 0 bridgehead atoms. The van der Waals surface area contributed by atoms with Gasteiger partial charge in [-0.25, -0.2) is 0 Å². The predicted molar refractivity (Wildman–Crippen MR) is 65.6 cm³/mol. The molecule has 0 fully saturated rings. The highest BCUT2D eigenvalue weighted by Gasteiger charge is 1.90. The number of nitrogens with zero attached hydrogens (tertiary/aromatic N) is 1. The van der Waals surface area contributed by atoms with Gasteiger partial charge in [0.25, 0.3) is 0 Å². The smallest absolute Gasteiger partial charge is 0.0616 e. The van der Waals surface area contributed by atoms with Gasteiger partial charge in [-0.2, -0.15) is 0 Å². The summed E-state index contributed by atoms with van der Waals surface area (Å²) in [7, 11) is 0. The monoisotopic (exact) mass is 189 g/mol. The van der Waals surface area contributed by atoms with Gasteiger partial charge in [0.2, 0.25) is 0 Å². The zero-order valence-corrected chi connectivity index (χ0v) is 9.59. The van der Waals surface area contributed by atoms with E-state index in [1.54, 1.807) is 6.21 Å². The lowest BCUT2D eigenvalue weighted by atomic mass is 10.2. The quantitative estimate of drug-likeness (QED) is 0.467. The second-order valence-electron chi connectivity index (χ2n) is 3.67. The summed E-state index contributed by atoms with van der Waals surface area (Å²) in [4.78, 5) is 4.32. The van der Waals surface area contributed by atoms with Gasteiger partial charge in [-0.1, -0.05) is 30.4 Å². The van der Waals surface area contributed by atoms with Crippen molar-refractivity contribution in [2.45, 2.75) is 27.7 Å².